The van der Waals surface area contributed by atoms with Crippen molar-refractivity contribution in [1.29, 1.82) is 0 Å². The molecule has 1 aliphatic heterocycles. The quantitative estimate of drug-likeness (QED) is 0.921. The summed E-state index contributed by atoms with van der Waals surface area (Å²) in [6.07, 6.45) is 1.96. The van der Waals surface area contributed by atoms with Crippen molar-refractivity contribution < 1.29 is 8.42 Å². The van der Waals surface area contributed by atoms with Crippen LogP contribution < -0.4 is 10.0 Å². The molecule has 1 aromatic carbocycles. The molecule has 0 fully saturated rings. The van der Waals surface area contributed by atoms with Gasteiger partial charge in [0.1, 0.15) is 0 Å². The van der Waals surface area contributed by atoms with Crippen molar-refractivity contribution >= 4 is 32.2 Å². The van der Waals surface area contributed by atoms with Crippen LogP contribution in [0.2, 0.25) is 0 Å². The van der Waals surface area contributed by atoms with E-state index in [1.807, 2.05) is 30.5 Å². The fraction of sp³-hybridized carbons (Fsp3) is 0.308. The van der Waals surface area contributed by atoms with E-state index in [1.165, 1.54) is 21.9 Å². The summed E-state index contributed by atoms with van der Waals surface area (Å²) in [6, 6.07) is 5.70. The number of rotatable bonds is 2. The standard InChI is InChI=1S/C13H15N3O2S2/c1-8-5-10-6-9(11-7-19-13(14)15-11)3-4-12(10)16(8)20(2,17)18/h3-4,6-8H,5H2,1-2H3,(H2,14,15)/t8-/m1/s1. The molecule has 2 aromatic rings. The lowest BCUT2D eigenvalue weighted by Gasteiger charge is -2.21. The largest absolute Gasteiger partial charge is 0.375 e. The average molecular weight is 309 g/mol. The van der Waals surface area contributed by atoms with Crippen LogP contribution in [0, 0.1) is 0 Å². The summed E-state index contributed by atoms with van der Waals surface area (Å²) in [5.41, 5.74) is 9.26. The fourth-order valence-electron chi connectivity index (χ4n) is 2.69. The molecule has 2 N–H and O–H groups in total. The Morgan fingerprint density at radius 3 is 2.80 bits per heavy atom. The fourth-order valence-corrected chi connectivity index (χ4v) is 4.52. The molecule has 0 radical (unpaired) electrons. The van der Waals surface area contributed by atoms with Gasteiger partial charge in [-0.15, -0.1) is 11.3 Å². The number of sulfonamides is 1. The molecule has 0 unspecified atom stereocenters. The first kappa shape index (κ1) is 13.4. The molecule has 1 atom stereocenters. The van der Waals surface area contributed by atoms with E-state index in [1.54, 1.807) is 0 Å². The van der Waals surface area contributed by atoms with Gasteiger partial charge in [-0.25, -0.2) is 13.4 Å². The van der Waals surface area contributed by atoms with Gasteiger partial charge in [0, 0.05) is 17.0 Å². The minimum Gasteiger partial charge on any atom is -0.375 e. The van der Waals surface area contributed by atoms with Gasteiger partial charge in [-0.2, -0.15) is 0 Å². The Labute approximate surface area is 122 Å². The molecule has 7 heteroatoms. The highest BCUT2D eigenvalue weighted by atomic mass is 32.2. The predicted octanol–water partition coefficient (Wildman–Crippen LogP) is 2.10. The van der Waals surface area contributed by atoms with Crippen LogP contribution >= 0.6 is 11.3 Å². The highest BCUT2D eigenvalue weighted by Crippen LogP contribution is 2.37. The van der Waals surface area contributed by atoms with Crippen molar-refractivity contribution in [3.63, 3.8) is 0 Å². The number of anilines is 2. The van der Waals surface area contributed by atoms with Crippen LogP contribution in [0.25, 0.3) is 11.3 Å². The Balaban J connectivity index is 2.06. The molecule has 0 amide bonds. The third kappa shape index (κ3) is 2.16. The lowest BCUT2D eigenvalue weighted by atomic mass is 10.1. The molecular weight excluding hydrogens is 294 g/mol. The van der Waals surface area contributed by atoms with Gasteiger partial charge in [-0.3, -0.25) is 4.31 Å². The molecule has 3 rings (SSSR count). The maximum absolute atomic E-state index is 11.9. The maximum Gasteiger partial charge on any atom is 0.232 e. The second-order valence-electron chi connectivity index (χ2n) is 5.03. The first-order valence-electron chi connectivity index (χ1n) is 6.20. The Hall–Kier alpha value is -1.60. The van der Waals surface area contributed by atoms with Crippen LogP contribution in [0.4, 0.5) is 10.8 Å². The van der Waals surface area contributed by atoms with Gasteiger partial charge in [0.05, 0.1) is 17.6 Å². The Kier molecular flexibility index (Phi) is 2.98. The van der Waals surface area contributed by atoms with E-state index in [9.17, 15) is 8.42 Å². The number of hydrogen-bond acceptors (Lipinski definition) is 5. The van der Waals surface area contributed by atoms with E-state index in [-0.39, 0.29) is 6.04 Å². The van der Waals surface area contributed by atoms with Gasteiger partial charge in [0.2, 0.25) is 10.0 Å². The van der Waals surface area contributed by atoms with Crippen molar-refractivity contribution in [3.05, 3.63) is 29.1 Å². The zero-order valence-electron chi connectivity index (χ0n) is 11.2. The van der Waals surface area contributed by atoms with E-state index in [4.69, 9.17) is 5.73 Å². The SMILES string of the molecule is C[C@@H]1Cc2cc(-c3csc(N)n3)ccc2N1S(C)(=O)=O. The van der Waals surface area contributed by atoms with Crippen LogP contribution in [0.3, 0.4) is 0 Å². The molecule has 5 nitrogen and oxygen atoms in total. The second kappa shape index (κ2) is 4.46. The summed E-state index contributed by atoms with van der Waals surface area (Å²) in [6.45, 7) is 1.92. The van der Waals surface area contributed by atoms with E-state index in [2.05, 4.69) is 4.98 Å². The van der Waals surface area contributed by atoms with E-state index >= 15 is 0 Å². The van der Waals surface area contributed by atoms with Gasteiger partial charge in [-0.1, -0.05) is 6.07 Å². The summed E-state index contributed by atoms with van der Waals surface area (Å²) in [4.78, 5) is 4.26. The number of benzene rings is 1. The zero-order valence-corrected chi connectivity index (χ0v) is 12.8. The van der Waals surface area contributed by atoms with Crippen LogP contribution in [-0.2, 0) is 16.4 Å². The smallest absolute Gasteiger partial charge is 0.232 e. The third-order valence-electron chi connectivity index (χ3n) is 3.41. The van der Waals surface area contributed by atoms with Gasteiger partial charge >= 0.3 is 0 Å². The van der Waals surface area contributed by atoms with Crippen molar-refractivity contribution in [2.24, 2.45) is 0 Å². The number of nitrogens with two attached hydrogens (primary N) is 1. The summed E-state index contributed by atoms with van der Waals surface area (Å²) in [5.74, 6) is 0. The van der Waals surface area contributed by atoms with Gasteiger partial charge in [0.25, 0.3) is 0 Å². The minimum absolute atomic E-state index is 0.0456. The molecule has 1 aliphatic rings. The van der Waals surface area contributed by atoms with Crippen molar-refractivity contribution in [2.75, 3.05) is 16.3 Å². The molecule has 1 aromatic heterocycles. The van der Waals surface area contributed by atoms with E-state index in [0.29, 0.717) is 5.13 Å². The molecule has 106 valence electrons. The predicted molar refractivity (Wildman–Crippen MR) is 82.5 cm³/mol. The second-order valence-corrected chi connectivity index (χ2v) is 7.78. The molecule has 2 heterocycles. The maximum atomic E-state index is 11.9. The number of thiazole rings is 1. The Morgan fingerprint density at radius 1 is 1.45 bits per heavy atom. The molecule has 20 heavy (non-hydrogen) atoms. The monoisotopic (exact) mass is 309 g/mol. The first-order valence-corrected chi connectivity index (χ1v) is 8.93. The summed E-state index contributed by atoms with van der Waals surface area (Å²) in [7, 11) is -3.24. The number of nitrogen functional groups attached to an aromatic ring is 1. The minimum atomic E-state index is -3.24. The molecule has 0 spiro atoms. The number of fused-ring (bicyclic) bond motifs is 1. The molecular formula is C13H15N3O2S2. The molecule has 0 bridgehead atoms. The van der Waals surface area contributed by atoms with Crippen LogP contribution in [-0.4, -0.2) is 25.7 Å². The van der Waals surface area contributed by atoms with E-state index in [0.717, 1.165) is 28.9 Å². The lowest BCUT2D eigenvalue weighted by molar-refractivity contribution is 0.590. The van der Waals surface area contributed by atoms with Crippen molar-refractivity contribution in [3.8, 4) is 11.3 Å². The topological polar surface area (TPSA) is 76.3 Å². The van der Waals surface area contributed by atoms with Crippen LogP contribution in [0.5, 0.6) is 0 Å². The summed E-state index contributed by atoms with van der Waals surface area (Å²) >= 11 is 1.40. The third-order valence-corrected chi connectivity index (χ3v) is 5.35. The van der Waals surface area contributed by atoms with Crippen LogP contribution in [0.15, 0.2) is 23.6 Å². The number of hydrogen-bond donors (Lipinski definition) is 1. The highest BCUT2D eigenvalue weighted by Gasteiger charge is 2.32. The lowest BCUT2D eigenvalue weighted by Crippen LogP contribution is -2.34. The molecule has 0 saturated heterocycles. The van der Waals surface area contributed by atoms with Gasteiger partial charge in [0.15, 0.2) is 5.13 Å². The van der Waals surface area contributed by atoms with Gasteiger partial charge in [-0.05, 0) is 31.0 Å². The zero-order chi connectivity index (χ0) is 14.5. The van der Waals surface area contributed by atoms with E-state index < -0.39 is 10.0 Å². The number of aromatic nitrogens is 1. The highest BCUT2D eigenvalue weighted by molar-refractivity contribution is 7.92. The number of nitrogens with zero attached hydrogens (tertiary/aromatic N) is 2. The first-order chi connectivity index (χ1) is 9.36. The molecule has 0 aliphatic carbocycles. The van der Waals surface area contributed by atoms with Crippen LogP contribution in [0.1, 0.15) is 12.5 Å². The van der Waals surface area contributed by atoms with Crippen molar-refractivity contribution in [2.45, 2.75) is 19.4 Å². The summed E-state index contributed by atoms with van der Waals surface area (Å²) in [5, 5.41) is 2.44. The normalized spacial score (nSPS) is 18.3. The van der Waals surface area contributed by atoms with Gasteiger partial charge < -0.3 is 5.73 Å². The summed E-state index contributed by atoms with van der Waals surface area (Å²) < 4.78 is 25.2. The molecule has 0 saturated carbocycles. The van der Waals surface area contributed by atoms with Crippen molar-refractivity contribution in [1.82, 2.24) is 4.98 Å². The average Bonchev–Trinajstić information content (AvgIpc) is 2.89. The Morgan fingerprint density at radius 2 is 2.20 bits per heavy atom. The Bertz CT molecular complexity index is 768.